The number of rotatable bonds is 4. The third-order valence-electron chi connectivity index (χ3n) is 2.23. The number of benzene rings is 1. The molecule has 0 spiro atoms. The monoisotopic (exact) mass is 234 g/mol. The first-order valence-corrected chi connectivity index (χ1v) is 5.43. The van der Waals surface area contributed by atoms with Gasteiger partial charge in [0.25, 0.3) is 0 Å². The van der Waals surface area contributed by atoms with Crippen molar-refractivity contribution in [2.24, 2.45) is 0 Å². The van der Waals surface area contributed by atoms with Gasteiger partial charge >= 0.3 is 0 Å². The first kappa shape index (κ1) is 12.8. The Morgan fingerprint density at radius 1 is 1.38 bits per heavy atom. The van der Waals surface area contributed by atoms with Gasteiger partial charge in [0.2, 0.25) is 0 Å². The fourth-order valence-corrected chi connectivity index (χ4v) is 1.61. The van der Waals surface area contributed by atoms with Crippen molar-refractivity contribution in [3.63, 3.8) is 0 Å². The van der Waals surface area contributed by atoms with Crippen LogP contribution in [0.25, 0.3) is 0 Å². The van der Waals surface area contributed by atoms with Crippen molar-refractivity contribution in [3.05, 3.63) is 72.4 Å². The maximum atomic E-state index is 10.3. The summed E-state index contributed by atoms with van der Waals surface area (Å²) in [5.74, 6) is 0. The molecule has 1 aromatic carbocycles. The van der Waals surface area contributed by atoms with Gasteiger partial charge < -0.3 is 5.11 Å². The van der Waals surface area contributed by atoms with Gasteiger partial charge in [-0.15, -0.1) is 0 Å². The van der Waals surface area contributed by atoms with Crippen molar-refractivity contribution in [2.45, 2.75) is 12.0 Å². The Labute approximate surface area is 101 Å². The molecule has 0 aliphatic rings. The second-order valence-corrected chi connectivity index (χ2v) is 3.89. The Bertz CT molecular complexity index is 402. The van der Waals surface area contributed by atoms with Crippen molar-refractivity contribution < 1.29 is 5.11 Å². The summed E-state index contributed by atoms with van der Waals surface area (Å²) in [7, 11) is 0. The Hall–Kier alpha value is -1.31. The first-order chi connectivity index (χ1) is 7.62. The molecule has 0 radical (unpaired) electrons. The SMILES string of the molecule is C=C/C(=C\C=C/C)C(O)(Cl)c1ccccc1. The average molecular weight is 235 g/mol. The van der Waals surface area contributed by atoms with Crippen LogP contribution in [-0.2, 0) is 5.06 Å². The molecule has 0 aromatic heterocycles. The minimum absolute atomic E-state index is 0.554. The smallest absolute Gasteiger partial charge is 0.190 e. The van der Waals surface area contributed by atoms with E-state index in [1.54, 1.807) is 24.3 Å². The van der Waals surface area contributed by atoms with Gasteiger partial charge in [0.1, 0.15) is 0 Å². The molecule has 2 heteroatoms. The number of hydrogen-bond acceptors (Lipinski definition) is 1. The third kappa shape index (κ3) is 2.84. The largest absolute Gasteiger partial charge is 0.367 e. The molecule has 0 saturated carbocycles. The van der Waals surface area contributed by atoms with E-state index >= 15 is 0 Å². The molecule has 0 saturated heterocycles. The van der Waals surface area contributed by atoms with Crippen LogP contribution >= 0.6 is 11.6 Å². The molecule has 0 aliphatic heterocycles. The third-order valence-corrected chi connectivity index (χ3v) is 2.66. The highest BCUT2D eigenvalue weighted by Gasteiger charge is 2.28. The van der Waals surface area contributed by atoms with E-state index in [2.05, 4.69) is 6.58 Å². The standard InChI is InChI=1S/C14H15ClO/c1-3-5-9-12(4-2)14(15,16)13-10-7-6-8-11-13/h3-11,16H,2H2,1H3/b5-3-,12-9+. The molecule has 1 rings (SSSR count). The summed E-state index contributed by atoms with van der Waals surface area (Å²) in [5, 5.41) is 8.74. The zero-order valence-electron chi connectivity index (χ0n) is 9.23. The summed E-state index contributed by atoms with van der Waals surface area (Å²) in [6.45, 7) is 5.55. The summed E-state index contributed by atoms with van der Waals surface area (Å²) >= 11 is 6.15. The Morgan fingerprint density at radius 2 is 2.00 bits per heavy atom. The highest BCUT2D eigenvalue weighted by Crippen LogP contribution is 2.34. The van der Waals surface area contributed by atoms with Crippen molar-refractivity contribution in [1.82, 2.24) is 0 Å². The molecule has 1 N–H and O–H groups in total. The molecular formula is C14H15ClO. The quantitative estimate of drug-likeness (QED) is 0.621. The van der Waals surface area contributed by atoms with Gasteiger partial charge in [-0.3, -0.25) is 0 Å². The van der Waals surface area contributed by atoms with Crippen molar-refractivity contribution in [2.75, 3.05) is 0 Å². The van der Waals surface area contributed by atoms with Gasteiger partial charge in [0.15, 0.2) is 5.06 Å². The maximum Gasteiger partial charge on any atom is 0.190 e. The number of allylic oxidation sites excluding steroid dienone is 3. The Kier molecular flexibility index (Phi) is 4.53. The maximum absolute atomic E-state index is 10.3. The van der Waals surface area contributed by atoms with E-state index in [9.17, 15) is 5.11 Å². The van der Waals surface area contributed by atoms with E-state index in [-0.39, 0.29) is 0 Å². The topological polar surface area (TPSA) is 20.2 Å². The van der Waals surface area contributed by atoms with E-state index in [1.807, 2.05) is 37.3 Å². The highest BCUT2D eigenvalue weighted by molar-refractivity contribution is 6.25. The zero-order chi connectivity index (χ0) is 12.0. The molecule has 0 heterocycles. The minimum Gasteiger partial charge on any atom is -0.367 e. The van der Waals surface area contributed by atoms with Gasteiger partial charge in [0, 0.05) is 11.1 Å². The van der Waals surface area contributed by atoms with Crippen molar-refractivity contribution in [3.8, 4) is 0 Å². The molecule has 1 aromatic rings. The lowest BCUT2D eigenvalue weighted by Crippen LogP contribution is -2.19. The minimum atomic E-state index is -1.53. The van der Waals surface area contributed by atoms with E-state index in [1.165, 1.54) is 0 Å². The molecule has 0 fully saturated rings. The fourth-order valence-electron chi connectivity index (χ4n) is 1.34. The number of alkyl halides is 1. The Morgan fingerprint density at radius 3 is 2.50 bits per heavy atom. The van der Waals surface area contributed by atoms with Crippen LogP contribution < -0.4 is 0 Å². The van der Waals surface area contributed by atoms with Crippen LogP contribution in [-0.4, -0.2) is 5.11 Å². The first-order valence-electron chi connectivity index (χ1n) is 5.05. The summed E-state index contributed by atoms with van der Waals surface area (Å²) in [5.41, 5.74) is 1.19. The molecule has 84 valence electrons. The molecular weight excluding hydrogens is 220 g/mol. The van der Waals surface area contributed by atoms with Crippen molar-refractivity contribution in [1.29, 1.82) is 0 Å². The Balaban J connectivity index is 3.13. The van der Waals surface area contributed by atoms with Gasteiger partial charge in [-0.2, -0.15) is 0 Å². The normalized spacial score (nSPS) is 16.1. The number of hydrogen-bond donors (Lipinski definition) is 1. The average Bonchev–Trinajstić information content (AvgIpc) is 2.31. The molecule has 0 bridgehead atoms. The zero-order valence-corrected chi connectivity index (χ0v) is 9.98. The summed E-state index contributed by atoms with van der Waals surface area (Å²) in [4.78, 5) is 0. The second kappa shape index (κ2) is 5.69. The van der Waals surface area contributed by atoms with Crippen LogP contribution in [0.4, 0.5) is 0 Å². The van der Waals surface area contributed by atoms with E-state index in [0.717, 1.165) is 0 Å². The van der Waals surface area contributed by atoms with Crippen LogP contribution in [0.15, 0.2) is 66.8 Å². The van der Waals surface area contributed by atoms with Gasteiger partial charge in [-0.1, -0.05) is 72.8 Å². The van der Waals surface area contributed by atoms with Crippen LogP contribution in [0, 0.1) is 0 Å². The van der Waals surface area contributed by atoms with Gasteiger partial charge in [-0.25, -0.2) is 0 Å². The molecule has 1 nitrogen and oxygen atoms in total. The van der Waals surface area contributed by atoms with Crippen LogP contribution in [0.2, 0.25) is 0 Å². The lowest BCUT2D eigenvalue weighted by atomic mass is 10.0. The second-order valence-electron chi connectivity index (χ2n) is 3.34. The number of halogens is 1. The molecule has 0 amide bonds. The molecule has 1 atom stereocenters. The van der Waals surface area contributed by atoms with Crippen LogP contribution in [0.1, 0.15) is 12.5 Å². The summed E-state index contributed by atoms with van der Waals surface area (Å²) < 4.78 is 0. The van der Waals surface area contributed by atoms with Gasteiger partial charge in [0.05, 0.1) is 0 Å². The van der Waals surface area contributed by atoms with Crippen LogP contribution in [0.3, 0.4) is 0 Å². The van der Waals surface area contributed by atoms with E-state index in [4.69, 9.17) is 11.6 Å². The predicted molar refractivity (Wildman–Crippen MR) is 69.3 cm³/mol. The van der Waals surface area contributed by atoms with E-state index < -0.39 is 5.06 Å². The van der Waals surface area contributed by atoms with E-state index in [0.29, 0.717) is 11.1 Å². The number of aliphatic hydroxyl groups is 1. The van der Waals surface area contributed by atoms with Gasteiger partial charge in [-0.05, 0) is 6.92 Å². The summed E-state index contributed by atoms with van der Waals surface area (Å²) in [6, 6.07) is 9.10. The lowest BCUT2D eigenvalue weighted by Gasteiger charge is -2.22. The molecule has 1 unspecified atom stereocenters. The predicted octanol–water partition coefficient (Wildman–Crippen LogP) is 3.76. The highest BCUT2D eigenvalue weighted by atomic mass is 35.5. The van der Waals surface area contributed by atoms with Crippen molar-refractivity contribution >= 4 is 11.6 Å². The summed E-state index contributed by atoms with van der Waals surface area (Å²) in [6.07, 6.45) is 6.97. The van der Waals surface area contributed by atoms with Crippen LogP contribution in [0.5, 0.6) is 0 Å². The lowest BCUT2D eigenvalue weighted by molar-refractivity contribution is 0.172. The molecule has 0 aliphatic carbocycles. The fraction of sp³-hybridized carbons (Fsp3) is 0.143. The molecule has 16 heavy (non-hydrogen) atoms.